The number of H-pyrrole nitrogens is 1. The molecule has 0 fully saturated rings. The minimum absolute atomic E-state index is 0.143. The van der Waals surface area contributed by atoms with Gasteiger partial charge in [-0.05, 0) is 24.1 Å². The van der Waals surface area contributed by atoms with Crippen molar-refractivity contribution in [1.29, 1.82) is 0 Å². The van der Waals surface area contributed by atoms with Crippen molar-refractivity contribution in [3.8, 4) is 17.0 Å². The maximum atomic E-state index is 12.7. The Hall–Kier alpha value is -3.12. The highest BCUT2D eigenvalue weighted by atomic mass is 16.5. The van der Waals surface area contributed by atoms with Crippen molar-refractivity contribution in [3.05, 3.63) is 71.4 Å². The summed E-state index contributed by atoms with van der Waals surface area (Å²) >= 11 is 0. The third-order valence-corrected chi connectivity index (χ3v) is 4.49. The van der Waals surface area contributed by atoms with Crippen molar-refractivity contribution in [2.24, 2.45) is 0 Å². The largest absolute Gasteiger partial charge is 0.488 e. The number of aliphatic hydroxyl groups is 1. The van der Waals surface area contributed by atoms with Crippen LogP contribution in [-0.4, -0.2) is 33.9 Å². The van der Waals surface area contributed by atoms with Gasteiger partial charge in [0.25, 0.3) is 5.91 Å². The van der Waals surface area contributed by atoms with Crippen molar-refractivity contribution in [2.75, 3.05) is 6.61 Å². The van der Waals surface area contributed by atoms with Crippen molar-refractivity contribution in [1.82, 2.24) is 15.5 Å². The quantitative estimate of drug-likeness (QED) is 0.660. The van der Waals surface area contributed by atoms with E-state index in [0.717, 1.165) is 28.1 Å². The molecule has 2 heterocycles. The van der Waals surface area contributed by atoms with E-state index in [1.165, 1.54) is 0 Å². The summed E-state index contributed by atoms with van der Waals surface area (Å²) in [7, 11) is 0. The molecular weight excluding hydrogens is 330 g/mol. The van der Waals surface area contributed by atoms with Crippen molar-refractivity contribution >= 4 is 5.91 Å². The van der Waals surface area contributed by atoms with E-state index in [1.54, 1.807) is 0 Å². The van der Waals surface area contributed by atoms with Crippen LogP contribution in [0.5, 0.6) is 5.75 Å². The molecule has 0 radical (unpaired) electrons. The molecule has 6 nitrogen and oxygen atoms in total. The lowest BCUT2D eigenvalue weighted by Gasteiger charge is -2.19. The number of hydrogen-bond acceptors (Lipinski definition) is 4. The van der Waals surface area contributed by atoms with Gasteiger partial charge in [-0.1, -0.05) is 42.5 Å². The number of carbonyl (C=O) groups excluding carboxylic acids is 1. The number of para-hydroxylation sites is 1. The third kappa shape index (κ3) is 3.07. The molecule has 1 amide bonds. The zero-order valence-corrected chi connectivity index (χ0v) is 14.1. The molecule has 0 unspecified atom stereocenters. The molecule has 1 aliphatic rings. The monoisotopic (exact) mass is 349 g/mol. The molecule has 1 aromatic heterocycles. The Bertz CT molecular complexity index is 921. The first kappa shape index (κ1) is 16.4. The van der Waals surface area contributed by atoms with Gasteiger partial charge in [0.15, 0.2) is 0 Å². The zero-order chi connectivity index (χ0) is 17.9. The fraction of sp³-hybridized carbons (Fsp3) is 0.200. The van der Waals surface area contributed by atoms with Crippen LogP contribution in [0, 0.1) is 0 Å². The van der Waals surface area contributed by atoms with Crippen LogP contribution >= 0.6 is 0 Å². The van der Waals surface area contributed by atoms with Crippen molar-refractivity contribution in [2.45, 2.75) is 19.1 Å². The summed E-state index contributed by atoms with van der Waals surface area (Å²) in [6, 6.07) is 17.0. The number of aliphatic hydroxyl groups excluding tert-OH is 1. The molecule has 6 heteroatoms. The molecule has 26 heavy (non-hydrogen) atoms. The normalized spacial score (nSPS) is 13.3. The van der Waals surface area contributed by atoms with Gasteiger partial charge in [0, 0.05) is 11.1 Å². The minimum Gasteiger partial charge on any atom is -0.488 e. The van der Waals surface area contributed by atoms with E-state index in [-0.39, 0.29) is 25.2 Å². The fourth-order valence-corrected chi connectivity index (χ4v) is 3.17. The molecule has 1 aliphatic heterocycles. The second kappa shape index (κ2) is 7.01. The Balaban J connectivity index is 1.54. The Morgan fingerprint density at radius 2 is 1.96 bits per heavy atom. The number of ether oxygens (including phenoxy) is 1. The molecule has 0 aliphatic carbocycles. The molecule has 3 N–H and O–H groups in total. The van der Waals surface area contributed by atoms with Crippen LogP contribution < -0.4 is 10.1 Å². The van der Waals surface area contributed by atoms with E-state index >= 15 is 0 Å². The molecule has 0 bridgehead atoms. The first-order valence-electron chi connectivity index (χ1n) is 8.51. The van der Waals surface area contributed by atoms with Gasteiger partial charge in [-0.2, -0.15) is 5.10 Å². The van der Waals surface area contributed by atoms with E-state index in [0.29, 0.717) is 12.1 Å². The summed E-state index contributed by atoms with van der Waals surface area (Å²) in [5, 5.41) is 19.6. The van der Waals surface area contributed by atoms with Crippen LogP contribution in [0.25, 0.3) is 11.3 Å². The van der Waals surface area contributed by atoms with Crippen LogP contribution in [0.2, 0.25) is 0 Å². The highest BCUT2D eigenvalue weighted by Gasteiger charge is 2.27. The fourth-order valence-electron chi connectivity index (χ4n) is 3.17. The summed E-state index contributed by atoms with van der Waals surface area (Å²) in [5.74, 6) is 0.465. The van der Waals surface area contributed by atoms with Crippen LogP contribution in [0.1, 0.15) is 21.6 Å². The van der Waals surface area contributed by atoms with Gasteiger partial charge in [-0.15, -0.1) is 0 Å². The maximum absolute atomic E-state index is 12.7. The molecule has 2 aromatic carbocycles. The van der Waals surface area contributed by atoms with Crippen LogP contribution in [0.15, 0.2) is 54.6 Å². The van der Waals surface area contributed by atoms with Gasteiger partial charge in [0.05, 0.1) is 12.6 Å². The highest BCUT2D eigenvalue weighted by Crippen LogP contribution is 2.36. The number of amides is 1. The molecule has 1 atom stereocenters. The molecule has 3 aromatic rings. The SMILES string of the molecule is O=C(N[C@@H](CO)Cc1ccccc1)c1[nH]nc2c1COc1ccccc1-2. The van der Waals surface area contributed by atoms with E-state index in [1.807, 2.05) is 54.6 Å². The first-order valence-corrected chi connectivity index (χ1v) is 8.51. The van der Waals surface area contributed by atoms with E-state index < -0.39 is 0 Å². The van der Waals surface area contributed by atoms with Gasteiger partial charge >= 0.3 is 0 Å². The predicted octanol–water partition coefficient (Wildman–Crippen LogP) is 2.30. The zero-order valence-electron chi connectivity index (χ0n) is 14.1. The number of benzene rings is 2. The van der Waals surface area contributed by atoms with Gasteiger partial charge in [-0.25, -0.2) is 0 Å². The number of rotatable bonds is 5. The number of aromatic nitrogens is 2. The minimum atomic E-state index is -0.374. The van der Waals surface area contributed by atoms with Gasteiger partial charge < -0.3 is 15.2 Å². The van der Waals surface area contributed by atoms with Crippen LogP contribution in [-0.2, 0) is 13.0 Å². The lowest BCUT2D eigenvalue weighted by molar-refractivity contribution is 0.0909. The summed E-state index contributed by atoms with van der Waals surface area (Å²) < 4.78 is 5.74. The van der Waals surface area contributed by atoms with Gasteiger partial charge in [0.2, 0.25) is 0 Å². The predicted molar refractivity (Wildman–Crippen MR) is 96.8 cm³/mol. The number of fused-ring (bicyclic) bond motifs is 3. The Morgan fingerprint density at radius 3 is 2.77 bits per heavy atom. The van der Waals surface area contributed by atoms with Crippen LogP contribution in [0.3, 0.4) is 0 Å². The molecular formula is C20H19N3O3. The van der Waals surface area contributed by atoms with E-state index in [9.17, 15) is 9.90 Å². The lowest BCUT2D eigenvalue weighted by atomic mass is 10.0. The number of nitrogens with zero attached hydrogens (tertiary/aromatic N) is 1. The van der Waals surface area contributed by atoms with Crippen molar-refractivity contribution in [3.63, 3.8) is 0 Å². The number of carbonyl (C=O) groups is 1. The molecule has 0 spiro atoms. The van der Waals surface area contributed by atoms with Gasteiger partial charge in [-0.3, -0.25) is 9.89 Å². The lowest BCUT2D eigenvalue weighted by Crippen LogP contribution is -2.39. The molecule has 4 rings (SSSR count). The Morgan fingerprint density at radius 1 is 1.19 bits per heavy atom. The second-order valence-corrected chi connectivity index (χ2v) is 6.25. The summed E-state index contributed by atoms with van der Waals surface area (Å²) in [6.07, 6.45) is 0.554. The summed E-state index contributed by atoms with van der Waals surface area (Å²) in [4.78, 5) is 12.7. The van der Waals surface area contributed by atoms with E-state index in [2.05, 4.69) is 15.5 Å². The highest BCUT2D eigenvalue weighted by molar-refractivity contribution is 5.96. The van der Waals surface area contributed by atoms with E-state index in [4.69, 9.17) is 4.74 Å². The van der Waals surface area contributed by atoms with Crippen molar-refractivity contribution < 1.29 is 14.6 Å². The number of aromatic amines is 1. The Kier molecular flexibility index (Phi) is 4.41. The maximum Gasteiger partial charge on any atom is 0.270 e. The average molecular weight is 349 g/mol. The summed E-state index contributed by atoms with van der Waals surface area (Å²) in [6.45, 7) is 0.143. The topological polar surface area (TPSA) is 87.2 Å². The van der Waals surface area contributed by atoms with Gasteiger partial charge in [0.1, 0.15) is 23.7 Å². The third-order valence-electron chi connectivity index (χ3n) is 4.49. The smallest absolute Gasteiger partial charge is 0.270 e. The second-order valence-electron chi connectivity index (χ2n) is 6.25. The van der Waals surface area contributed by atoms with Crippen LogP contribution in [0.4, 0.5) is 0 Å². The number of nitrogens with one attached hydrogen (secondary N) is 2. The molecule has 0 saturated carbocycles. The standard InChI is InChI=1S/C20H19N3O3/c24-11-14(10-13-6-2-1-3-7-13)21-20(25)19-16-12-26-17-9-5-4-8-15(17)18(16)22-23-19/h1-9,14,24H,10-12H2,(H,21,25)(H,22,23)/t14-/m1/s1. The molecule has 0 saturated heterocycles. The summed E-state index contributed by atoms with van der Waals surface area (Å²) in [5.41, 5.74) is 3.77. The Labute approximate surface area is 150 Å². The average Bonchev–Trinajstić information content (AvgIpc) is 3.13. The first-order chi connectivity index (χ1) is 12.8. The molecule has 132 valence electrons. The number of hydrogen-bond donors (Lipinski definition) is 3.